The third-order valence-electron chi connectivity index (χ3n) is 2.27. The topological polar surface area (TPSA) is 53.6 Å². The molecule has 0 atom stereocenters. The molecule has 76 valence electrons. The highest BCUT2D eigenvalue weighted by Gasteiger charge is 2.18. The number of benzene rings is 1. The minimum absolute atomic E-state index is 0.429. The molecule has 0 saturated heterocycles. The van der Waals surface area contributed by atoms with Crippen LogP contribution >= 0.6 is 0 Å². The zero-order valence-electron chi connectivity index (χ0n) is 8.13. The second kappa shape index (κ2) is 4.34. The summed E-state index contributed by atoms with van der Waals surface area (Å²) in [5, 5.41) is 18.1. The summed E-state index contributed by atoms with van der Waals surface area (Å²) in [6.07, 6.45) is 2.04. The molecule has 1 heterocycles. The van der Waals surface area contributed by atoms with E-state index in [0.717, 1.165) is 5.56 Å². The van der Waals surface area contributed by atoms with Crippen LogP contribution in [0.15, 0.2) is 47.1 Å². The Morgan fingerprint density at radius 2 is 1.80 bits per heavy atom. The zero-order valence-corrected chi connectivity index (χ0v) is 8.13. The maximum absolute atomic E-state index is 9.07. The molecule has 0 aliphatic carbocycles. The van der Waals surface area contributed by atoms with Crippen molar-refractivity contribution in [1.82, 2.24) is 0 Å². The molecule has 0 amide bonds. The number of furan rings is 1. The molecule has 0 unspecified atom stereocenters. The molecule has 0 saturated carbocycles. The molecule has 1 aromatic carbocycles. The van der Waals surface area contributed by atoms with Crippen LogP contribution in [0.2, 0.25) is 0 Å². The lowest BCUT2D eigenvalue weighted by molar-refractivity contribution is 0.423. The van der Waals surface area contributed by atoms with Crippen molar-refractivity contribution in [2.75, 3.05) is 0 Å². The molecule has 2 aromatic rings. The van der Waals surface area contributed by atoms with Crippen molar-refractivity contribution in [3.63, 3.8) is 0 Å². The van der Waals surface area contributed by atoms with Crippen LogP contribution in [0.4, 0.5) is 0 Å². The molecule has 0 spiro atoms. The Hall–Kier alpha value is -1.52. The van der Waals surface area contributed by atoms with E-state index in [2.05, 4.69) is 0 Å². The van der Waals surface area contributed by atoms with Gasteiger partial charge in [0.1, 0.15) is 5.76 Å². The van der Waals surface area contributed by atoms with E-state index in [1.54, 1.807) is 6.07 Å². The van der Waals surface area contributed by atoms with Gasteiger partial charge in [0.15, 0.2) is 0 Å². The van der Waals surface area contributed by atoms with Gasteiger partial charge in [-0.3, -0.25) is 0 Å². The Labute approximate surface area is 88.1 Å². The van der Waals surface area contributed by atoms with Crippen molar-refractivity contribution < 1.29 is 14.5 Å². The molecule has 0 aliphatic heterocycles. The van der Waals surface area contributed by atoms with E-state index in [4.69, 9.17) is 14.5 Å². The summed E-state index contributed by atoms with van der Waals surface area (Å²) in [4.78, 5) is 0. The van der Waals surface area contributed by atoms with Gasteiger partial charge in [-0.05, 0) is 11.6 Å². The largest absolute Gasteiger partial charge is 0.492 e. The van der Waals surface area contributed by atoms with Crippen LogP contribution in [0.25, 0.3) is 0 Å². The maximum atomic E-state index is 9.07. The van der Waals surface area contributed by atoms with E-state index in [0.29, 0.717) is 17.6 Å². The molecule has 0 aliphatic rings. The van der Waals surface area contributed by atoms with Gasteiger partial charge in [0.25, 0.3) is 0 Å². The lowest BCUT2D eigenvalue weighted by Crippen LogP contribution is -2.31. The van der Waals surface area contributed by atoms with E-state index >= 15 is 0 Å². The molecule has 1 aromatic heterocycles. The first kappa shape index (κ1) is 10.0. The predicted molar refractivity (Wildman–Crippen MR) is 57.8 cm³/mol. The summed E-state index contributed by atoms with van der Waals surface area (Å²) in [6, 6.07) is 11.3. The number of hydrogen-bond acceptors (Lipinski definition) is 3. The van der Waals surface area contributed by atoms with Crippen LogP contribution in [-0.2, 0) is 6.42 Å². The van der Waals surface area contributed by atoms with Crippen LogP contribution in [0.1, 0.15) is 11.3 Å². The fourth-order valence-electron chi connectivity index (χ4n) is 1.51. The molecule has 0 radical (unpaired) electrons. The second-order valence-electron chi connectivity index (χ2n) is 3.34. The SMILES string of the molecule is OB(O)c1ccoc1Cc1ccccc1. The summed E-state index contributed by atoms with van der Waals surface area (Å²) in [6.45, 7) is 0. The maximum Gasteiger partial charge on any atom is 0.492 e. The fraction of sp³-hybridized carbons (Fsp3) is 0.0909. The van der Waals surface area contributed by atoms with Gasteiger partial charge in [0.05, 0.1) is 6.26 Å². The van der Waals surface area contributed by atoms with Crippen molar-refractivity contribution in [3.05, 3.63) is 54.0 Å². The van der Waals surface area contributed by atoms with E-state index in [1.807, 2.05) is 30.3 Å². The normalized spacial score (nSPS) is 10.3. The minimum atomic E-state index is -1.47. The first-order valence-electron chi connectivity index (χ1n) is 4.73. The summed E-state index contributed by atoms with van der Waals surface area (Å²) in [5.74, 6) is 0.594. The van der Waals surface area contributed by atoms with Crippen molar-refractivity contribution in [3.8, 4) is 0 Å². The van der Waals surface area contributed by atoms with Crippen LogP contribution in [0, 0.1) is 0 Å². The number of rotatable bonds is 3. The molecule has 3 nitrogen and oxygen atoms in total. The van der Waals surface area contributed by atoms with Gasteiger partial charge in [-0.2, -0.15) is 0 Å². The minimum Gasteiger partial charge on any atom is -0.469 e. The summed E-state index contributed by atoms with van der Waals surface area (Å²) in [5.41, 5.74) is 1.51. The zero-order chi connectivity index (χ0) is 10.7. The van der Waals surface area contributed by atoms with Gasteiger partial charge >= 0.3 is 7.12 Å². The molecular formula is C11H11BO3. The van der Waals surface area contributed by atoms with Crippen LogP contribution in [0.5, 0.6) is 0 Å². The van der Waals surface area contributed by atoms with E-state index < -0.39 is 7.12 Å². The Balaban J connectivity index is 2.21. The van der Waals surface area contributed by atoms with Crippen LogP contribution in [0.3, 0.4) is 0 Å². The van der Waals surface area contributed by atoms with Gasteiger partial charge in [0, 0.05) is 11.9 Å². The van der Waals surface area contributed by atoms with Gasteiger partial charge in [0.2, 0.25) is 0 Å². The standard InChI is InChI=1S/C11H11BO3/c13-12(14)10-6-7-15-11(10)8-9-4-2-1-3-5-9/h1-7,13-14H,8H2. The van der Waals surface area contributed by atoms with Gasteiger partial charge in [-0.25, -0.2) is 0 Å². The lowest BCUT2D eigenvalue weighted by atomic mass is 9.79. The molecule has 4 heteroatoms. The third-order valence-corrected chi connectivity index (χ3v) is 2.27. The summed E-state index contributed by atoms with van der Waals surface area (Å²) >= 11 is 0. The average molecular weight is 202 g/mol. The number of hydrogen-bond donors (Lipinski definition) is 2. The predicted octanol–water partition coefficient (Wildman–Crippen LogP) is 0.550. The molecule has 15 heavy (non-hydrogen) atoms. The molecular weight excluding hydrogens is 191 g/mol. The van der Waals surface area contributed by atoms with Crippen molar-refractivity contribution in [2.45, 2.75) is 6.42 Å². The smallest absolute Gasteiger partial charge is 0.469 e. The lowest BCUT2D eigenvalue weighted by Gasteiger charge is -2.01. The van der Waals surface area contributed by atoms with Crippen LogP contribution in [-0.4, -0.2) is 17.2 Å². The highest BCUT2D eigenvalue weighted by Crippen LogP contribution is 2.08. The Morgan fingerprint density at radius 3 is 2.47 bits per heavy atom. The highest BCUT2D eigenvalue weighted by molar-refractivity contribution is 6.59. The highest BCUT2D eigenvalue weighted by atomic mass is 16.4. The Morgan fingerprint density at radius 1 is 1.07 bits per heavy atom. The van der Waals surface area contributed by atoms with E-state index in [-0.39, 0.29) is 0 Å². The fourth-order valence-corrected chi connectivity index (χ4v) is 1.51. The van der Waals surface area contributed by atoms with Gasteiger partial charge < -0.3 is 14.5 Å². The molecule has 0 bridgehead atoms. The van der Waals surface area contributed by atoms with Crippen molar-refractivity contribution in [2.24, 2.45) is 0 Å². The van der Waals surface area contributed by atoms with Crippen molar-refractivity contribution >= 4 is 12.6 Å². The Bertz CT molecular complexity index is 422. The summed E-state index contributed by atoms with van der Waals surface area (Å²) < 4.78 is 5.21. The van der Waals surface area contributed by atoms with E-state index in [1.165, 1.54) is 6.26 Å². The van der Waals surface area contributed by atoms with Crippen molar-refractivity contribution in [1.29, 1.82) is 0 Å². The third kappa shape index (κ3) is 2.29. The monoisotopic (exact) mass is 202 g/mol. The first-order valence-corrected chi connectivity index (χ1v) is 4.73. The van der Waals surface area contributed by atoms with E-state index in [9.17, 15) is 0 Å². The van der Waals surface area contributed by atoms with Crippen LogP contribution < -0.4 is 5.46 Å². The average Bonchev–Trinajstić information content (AvgIpc) is 2.67. The quantitative estimate of drug-likeness (QED) is 0.714. The molecule has 2 rings (SSSR count). The molecule has 2 N–H and O–H groups in total. The van der Waals surface area contributed by atoms with Gasteiger partial charge in [-0.1, -0.05) is 30.3 Å². The summed E-state index contributed by atoms with van der Waals surface area (Å²) in [7, 11) is -1.47. The first-order chi connectivity index (χ1) is 7.27. The Kier molecular flexibility index (Phi) is 2.90. The second-order valence-corrected chi connectivity index (χ2v) is 3.34. The van der Waals surface area contributed by atoms with Gasteiger partial charge in [-0.15, -0.1) is 0 Å². The molecule has 0 fully saturated rings.